The second-order valence-corrected chi connectivity index (χ2v) is 3.93. The first kappa shape index (κ1) is 9.40. The van der Waals surface area contributed by atoms with Gasteiger partial charge in [0.05, 0.1) is 18.7 Å². The van der Waals surface area contributed by atoms with Crippen LogP contribution in [0.2, 0.25) is 0 Å². The minimum atomic E-state index is -3.15. The van der Waals surface area contributed by atoms with Crippen LogP contribution in [0.15, 0.2) is 0 Å². The first-order valence-electron chi connectivity index (χ1n) is 2.80. The molecular weight excluding hydrogens is 152 g/mol. The van der Waals surface area contributed by atoms with Crippen molar-refractivity contribution in [3.63, 3.8) is 0 Å². The van der Waals surface area contributed by atoms with E-state index in [1.165, 1.54) is 0 Å². The molecule has 0 aromatic heterocycles. The molecule has 5 heteroatoms. The summed E-state index contributed by atoms with van der Waals surface area (Å²) in [7, 11) is -3.15. The van der Waals surface area contributed by atoms with Gasteiger partial charge in [-0.15, -0.1) is 0 Å². The Morgan fingerprint density at radius 3 is 2.50 bits per heavy atom. The van der Waals surface area contributed by atoms with Crippen molar-refractivity contribution in [1.82, 2.24) is 4.72 Å². The van der Waals surface area contributed by atoms with Crippen LogP contribution in [0.5, 0.6) is 0 Å². The van der Waals surface area contributed by atoms with Crippen LogP contribution in [0.1, 0.15) is 13.3 Å². The summed E-state index contributed by atoms with van der Waals surface area (Å²) in [4.78, 5) is 0. The van der Waals surface area contributed by atoms with E-state index in [4.69, 9.17) is 5.26 Å². The summed E-state index contributed by atoms with van der Waals surface area (Å²) in [6, 6.07) is 1.57. The molecule has 0 aromatic rings. The van der Waals surface area contributed by atoms with Crippen molar-refractivity contribution in [2.24, 2.45) is 0 Å². The van der Waals surface area contributed by atoms with Crippen LogP contribution in [0.4, 0.5) is 0 Å². The van der Waals surface area contributed by atoms with E-state index in [0.29, 0.717) is 0 Å². The lowest BCUT2D eigenvalue weighted by molar-refractivity contribution is 0.569. The highest BCUT2D eigenvalue weighted by molar-refractivity contribution is 7.88. The van der Waals surface area contributed by atoms with Crippen molar-refractivity contribution in [1.29, 1.82) is 5.26 Å². The van der Waals surface area contributed by atoms with Crippen molar-refractivity contribution in [3.8, 4) is 6.07 Å². The molecule has 1 atom stereocenters. The molecule has 0 fully saturated rings. The van der Waals surface area contributed by atoms with Crippen molar-refractivity contribution in [2.45, 2.75) is 19.4 Å². The van der Waals surface area contributed by atoms with E-state index in [0.717, 1.165) is 6.26 Å². The predicted molar refractivity (Wildman–Crippen MR) is 37.7 cm³/mol. The summed E-state index contributed by atoms with van der Waals surface area (Å²) in [6.45, 7) is 1.64. The van der Waals surface area contributed by atoms with Crippen LogP contribution in [0, 0.1) is 11.3 Å². The van der Waals surface area contributed by atoms with Gasteiger partial charge in [-0.2, -0.15) is 5.26 Å². The predicted octanol–water partition coefficient (Wildman–Crippen LogP) is -0.162. The molecule has 0 aliphatic heterocycles. The van der Waals surface area contributed by atoms with Gasteiger partial charge in [-0.25, -0.2) is 13.1 Å². The smallest absolute Gasteiger partial charge is 0.208 e. The number of nitrogens with zero attached hydrogens (tertiary/aromatic N) is 1. The fourth-order valence-corrected chi connectivity index (χ4v) is 1.36. The Morgan fingerprint density at radius 1 is 1.70 bits per heavy atom. The van der Waals surface area contributed by atoms with Gasteiger partial charge in [-0.1, -0.05) is 0 Å². The largest absolute Gasteiger partial charge is 0.213 e. The zero-order valence-corrected chi connectivity index (χ0v) is 6.77. The quantitative estimate of drug-likeness (QED) is 0.626. The highest BCUT2D eigenvalue weighted by atomic mass is 32.2. The molecule has 0 spiro atoms. The summed E-state index contributed by atoms with van der Waals surface area (Å²) in [5, 5.41) is 8.15. The van der Waals surface area contributed by atoms with Gasteiger partial charge in [0, 0.05) is 6.04 Å². The average Bonchev–Trinajstić information content (AvgIpc) is 1.59. The monoisotopic (exact) mass is 162 g/mol. The second-order valence-electron chi connectivity index (χ2n) is 2.15. The van der Waals surface area contributed by atoms with Crippen molar-refractivity contribution < 1.29 is 8.42 Å². The number of nitriles is 1. The summed E-state index contributed by atoms with van der Waals surface area (Å²) >= 11 is 0. The lowest BCUT2D eigenvalue weighted by atomic mass is 10.3. The Kier molecular flexibility index (Phi) is 3.33. The Morgan fingerprint density at radius 2 is 2.20 bits per heavy atom. The molecule has 0 aliphatic rings. The van der Waals surface area contributed by atoms with E-state index in [1.54, 1.807) is 6.92 Å². The molecule has 0 amide bonds. The van der Waals surface area contributed by atoms with Crippen LogP contribution in [-0.2, 0) is 10.0 Å². The molecule has 10 heavy (non-hydrogen) atoms. The minimum absolute atomic E-state index is 0.201. The number of nitrogens with one attached hydrogen (secondary N) is 1. The van der Waals surface area contributed by atoms with Crippen LogP contribution in [-0.4, -0.2) is 20.7 Å². The van der Waals surface area contributed by atoms with Gasteiger partial charge in [-0.05, 0) is 6.92 Å². The van der Waals surface area contributed by atoms with E-state index in [-0.39, 0.29) is 12.5 Å². The molecule has 0 rings (SSSR count). The number of sulfonamides is 1. The highest BCUT2D eigenvalue weighted by Crippen LogP contribution is 1.89. The molecule has 0 aromatic carbocycles. The van der Waals surface area contributed by atoms with Gasteiger partial charge in [0.1, 0.15) is 0 Å². The van der Waals surface area contributed by atoms with Gasteiger partial charge >= 0.3 is 0 Å². The third kappa shape index (κ3) is 5.54. The Labute approximate surface area is 60.9 Å². The molecule has 4 nitrogen and oxygen atoms in total. The van der Waals surface area contributed by atoms with E-state index in [1.807, 2.05) is 6.07 Å². The van der Waals surface area contributed by atoms with Crippen molar-refractivity contribution in [2.75, 3.05) is 6.26 Å². The number of hydrogen-bond donors (Lipinski definition) is 1. The molecule has 0 saturated carbocycles. The maximum absolute atomic E-state index is 10.5. The maximum Gasteiger partial charge on any atom is 0.208 e. The molecule has 0 bridgehead atoms. The second kappa shape index (κ2) is 3.54. The number of hydrogen-bond acceptors (Lipinski definition) is 3. The molecule has 0 radical (unpaired) electrons. The fraction of sp³-hybridized carbons (Fsp3) is 0.800. The SMILES string of the molecule is CC(CC#N)NS(C)(=O)=O. The first-order chi connectivity index (χ1) is 4.45. The lowest BCUT2D eigenvalue weighted by Crippen LogP contribution is -2.31. The summed E-state index contributed by atoms with van der Waals surface area (Å²) in [5.74, 6) is 0. The van der Waals surface area contributed by atoms with Gasteiger partial charge in [0.2, 0.25) is 10.0 Å². The Hall–Kier alpha value is -0.600. The Balaban J connectivity index is 3.83. The minimum Gasteiger partial charge on any atom is -0.213 e. The van der Waals surface area contributed by atoms with Crippen molar-refractivity contribution >= 4 is 10.0 Å². The molecule has 0 heterocycles. The first-order valence-corrected chi connectivity index (χ1v) is 4.69. The van der Waals surface area contributed by atoms with Crippen LogP contribution < -0.4 is 4.72 Å². The Bertz CT molecular complexity index is 227. The van der Waals surface area contributed by atoms with Gasteiger partial charge < -0.3 is 0 Å². The molecule has 1 N–H and O–H groups in total. The van der Waals surface area contributed by atoms with Crippen LogP contribution in [0.3, 0.4) is 0 Å². The summed E-state index contributed by atoms with van der Waals surface area (Å²) in [5.41, 5.74) is 0. The molecule has 58 valence electrons. The van der Waals surface area contributed by atoms with Gasteiger partial charge in [0.15, 0.2) is 0 Å². The summed E-state index contributed by atoms with van der Waals surface area (Å²) < 4.78 is 23.3. The molecule has 1 unspecified atom stereocenters. The van der Waals surface area contributed by atoms with Crippen LogP contribution >= 0.6 is 0 Å². The van der Waals surface area contributed by atoms with E-state index >= 15 is 0 Å². The zero-order valence-electron chi connectivity index (χ0n) is 5.96. The van der Waals surface area contributed by atoms with E-state index in [9.17, 15) is 8.42 Å². The standard InChI is InChI=1S/C5H10N2O2S/c1-5(3-4-6)7-10(2,8)9/h5,7H,3H2,1-2H3. The summed E-state index contributed by atoms with van der Waals surface area (Å²) in [6.07, 6.45) is 1.27. The van der Waals surface area contributed by atoms with Gasteiger partial charge in [-0.3, -0.25) is 0 Å². The van der Waals surface area contributed by atoms with Crippen molar-refractivity contribution in [3.05, 3.63) is 0 Å². The average molecular weight is 162 g/mol. The maximum atomic E-state index is 10.5. The lowest BCUT2D eigenvalue weighted by Gasteiger charge is -2.05. The highest BCUT2D eigenvalue weighted by Gasteiger charge is 2.06. The molecule has 0 aliphatic carbocycles. The zero-order chi connectivity index (χ0) is 8.20. The molecule has 0 saturated heterocycles. The topological polar surface area (TPSA) is 70.0 Å². The number of rotatable bonds is 3. The molecular formula is C5H10N2O2S. The van der Waals surface area contributed by atoms with E-state index in [2.05, 4.69) is 4.72 Å². The van der Waals surface area contributed by atoms with E-state index < -0.39 is 10.0 Å². The normalized spacial score (nSPS) is 14.1. The van der Waals surface area contributed by atoms with Gasteiger partial charge in [0.25, 0.3) is 0 Å². The third-order valence-electron chi connectivity index (χ3n) is 0.813. The van der Waals surface area contributed by atoms with Crippen LogP contribution in [0.25, 0.3) is 0 Å². The fourth-order valence-electron chi connectivity index (χ4n) is 0.544. The third-order valence-corrected chi connectivity index (χ3v) is 1.64.